The van der Waals surface area contributed by atoms with Gasteiger partial charge in [-0.1, -0.05) is 20.8 Å². The Kier molecular flexibility index (Phi) is 5.80. The summed E-state index contributed by atoms with van der Waals surface area (Å²) in [5.74, 6) is 0. The predicted molar refractivity (Wildman–Crippen MR) is 110 cm³/mol. The summed E-state index contributed by atoms with van der Waals surface area (Å²) in [6.45, 7) is 8.10. The zero-order valence-corrected chi connectivity index (χ0v) is 19.2. The van der Waals surface area contributed by atoms with Crippen LogP contribution >= 0.6 is 6.72 Å². The van der Waals surface area contributed by atoms with Crippen LogP contribution in [-0.4, -0.2) is 44.5 Å². The minimum absolute atomic E-state index is 0.159. The highest BCUT2D eigenvalue weighted by molar-refractivity contribution is 8.07. The van der Waals surface area contributed by atoms with Crippen LogP contribution in [0.4, 0.5) is 0 Å². The fourth-order valence-corrected chi connectivity index (χ4v) is 6.23. The van der Waals surface area contributed by atoms with Gasteiger partial charge in [0.2, 0.25) is 0 Å². The summed E-state index contributed by atoms with van der Waals surface area (Å²) in [6, 6.07) is 1.24. The molecule has 2 aliphatic heterocycles. The van der Waals surface area contributed by atoms with Crippen LogP contribution in [0, 0.1) is 5.41 Å². The molecule has 2 fully saturated rings. The van der Waals surface area contributed by atoms with Crippen LogP contribution in [0.5, 0.6) is 0 Å². The maximum Gasteiger partial charge on any atom is 0.330 e. The molecule has 0 radical (unpaired) electrons. The number of hydrogen-bond acceptors (Lipinski definition) is 7. The van der Waals surface area contributed by atoms with Crippen LogP contribution in [-0.2, 0) is 30.3 Å². The molecule has 164 valence electrons. The van der Waals surface area contributed by atoms with E-state index in [2.05, 4.69) is 25.8 Å². The van der Waals surface area contributed by atoms with E-state index in [4.69, 9.17) is 30.3 Å². The normalized spacial score (nSPS) is 31.8. The zero-order valence-electron chi connectivity index (χ0n) is 17.5. The molecule has 5 atom stereocenters. The SMILES string of the molecule is CC(C)(C)C[C@]12CO[C@@H](C1OP(O)(=S)OC(C)(C)C)[C@H](n1ccc(=O)[nH]c1=O)O2. The minimum Gasteiger partial charge on any atom is -0.368 e. The Labute approximate surface area is 174 Å². The van der Waals surface area contributed by atoms with Crippen molar-refractivity contribution in [1.29, 1.82) is 0 Å². The van der Waals surface area contributed by atoms with Crippen molar-refractivity contribution in [2.75, 3.05) is 6.61 Å². The number of H-pyrrole nitrogens is 1. The van der Waals surface area contributed by atoms with Gasteiger partial charge in [0, 0.05) is 12.3 Å². The molecule has 2 aliphatic rings. The second-order valence-corrected chi connectivity index (χ2v) is 12.5. The summed E-state index contributed by atoms with van der Waals surface area (Å²) in [4.78, 5) is 36.7. The standard InChI is InChI=1S/C18H29N2O7PS/c1-16(2,3)9-18-10-24-12(13(18)26-28(23,29)27-17(4,5)6)14(25-18)20-8-7-11(21)19-15(20)22/h7-8,12-14H,9-10H2,1-6H3,(H,23,29)(H,19,21,22)/t12-,13?,14+,18-,28?/m0/s1. The van der Waals surface area contributed by atoms with Crippen LogP contribution in [0.15, 0.2) is 21.9 Å². The molecule has 2 N–H and O–H groups in total. The largest absolute Gasteiger partial charge is 0.368 e. The Morgan fingerprint density at radius 1 is 1.34 bits per heavy atom. The quantitative estimate of drug-likeness (QED) is 0.659. The van der Waals surface area contributed by atoms with Gasteiger partial charge in [0.25, 0.3) is 5.56 Å². The first-order chi connectivity index (χ1) is 13.1. The number of fused-ring (bicyclic) bond motifs is 2. The van der Waals surface area contributed by atoms with Crippen molar-refractivity contribution < 1.29 is 23.4 Å². The molecule has 2 bridgehead atoms. The Morgan fingerprint density at radius 2 is 2.00 bits per heavy atom. The third-order valence-electron chi connectivity index (χ3n) is 4.56. The van der Waals surface area contributed by atoms with Gasteiger partial charge in [-0.05, 0) is 44.4 Å². The maximum absolute atomic E-state index is 12.3. The summed E-state index contributed by atoms with van der Waals surface area (Å²) >= 11 is 5.25. The fourth-order valence-electron chi connectivity index (χ4n) is 3.95. The van der Waals surface area contributed by atoms with Crippen molar-refractivity contribution in [2.45, 2.75) is 77.6 Å². The summed E-state index contributed by atoms with van der Waals surface area (Å²) < 4.78 is 25.1. The van der Waals surface area contributed by atoms with Gasteiger partial charge in [-0.3, -0.25) is 18.9 Å². The molecule has 29 heavy (non-hydrogen) atoms. The van der Waals surface area contributed by atoms with E-state index in [1.807, 2.05) is 0 Å². The number of nitrogens with one attached hydrogen (secondary N) is 1. The second kappa shape index (κ2) is 7.37. The Morgan fingerprint density at radius 3 is 2.55 bits per heavy atom. The molecule has 1 aromatic rings. The van der Waals surface area contributed by atoms with Gasteiger partial charge in [-0.2, -0.15) is 0 Å². The number of aromatic amines is 1. The number of nitrogens with zero attached hydrogens (tertiary/aromatic N) is 1. The van der Waals surface area contributed by atoms with Gasteiger partial charge in [-0.15, -0.1) is 0 Å². The highest BCUT2D eigenvalue weighted by Gasteiger charge is 2.65. The molecular weight excluding hydrogens is 419 g/mol. The van der Waals surface area contributed by atoms with Crippen molar-refractivity contribution in [2.24, 2.45) is 5.41 Å². The van der Waals surface area contributed by atoms with Gasteiger partial charge in [-0.25, -0.2) is 4.79 Å². The van der Waals surface area contributed by atoms with E-state index in [0.29, 0.717) is 6.42 Å². The van der Waals surface area contributed by atoms with Crippen LogP contribution in [0.25, 0.3) is 0 Å². The highest BCUT2D eigenvalue weighted by Crippen LogP contribution is 2.58. The molecular formula is C18H29N2O7PS. The van der Waals surface area contributed by atoms with Crippen molar-refractivity contribution in [3.63, 3.8) is 0 Å². The molecule has 0 aromatic carbocycles. The molecule has 2 unspecified atom stereocenters. The van der Waals surface area contributed by atoms with Crippen LogP contribution in [0.1, 0.15) is 54.2 Å². The summed E-state index contributed by atoms with van der Waals surface area (Å²) in [5, 5.41) is 0. The van der Waals surface area contributed by atoms with Gasteiger partial charge < -0.3 is 18.9 Å². The van der Waals surface area contributed by atoms with E-state index in [0.717, 1.165) is 0 Å². The Bertz CT molecular complexity index is 932. The van der Waals surface area contributed by atoms with E-state index in [-0.39, 0.29) is 12.0 Å². The molecule has 0 saturated carbocycles. The zero-order chi connectivity index (χ0) is 21.8. The first-order valence-electron chi connectivity index (χ1n) is 9.44. The Balaban J connectivity index is 1.98. The van der Waals surface area contributed by atoms with Crippen molar-refractivity contribution in [3.8, 4) is 0 Å². The summed E-state index contributed by atoms with van der Waals surface area (Å²) in [5.41, 5.74) is -2.89. The average Bonchev–Trinajstić information content (AvgIpc) is 2.93. The van der Waals surface area contributed by atoms with Gasteiger partial charge in [0.1, 0.15) is 17.8 Å². The molecule has 1 aromatic heterocycles. The fraction of sp³-hybridized carbons (Fsp3) is 0.778. The number of rotatable bonds is 5. The first-order valence-corrected chi connectivity index (χ1v) is 12.0. The maximum atomic E-state index is 12.3. The number of hydrogen-bond donors (Lipinski definition) is 2. The van der Waals surface area contributed by atoms with Crippen molar-refractivity contribution in [1.82, 2.24) is 9.55 Å². The molecule has 0 spiro atoms. The van der Waals surface area contributed by atoms with Crippen LogP contribution in [0.3, 0.4) is 0 Å². The minimum atomic E-state index is -3.62. The highest BCUT2D eigenvalue weighted by atomic mass is 32.5. The lowest BCUT2D eigenvalue weighted by molar-refractivity contribution is -0.184. The molecule has 3 rings (SSSR count). The third-order valence-corrected chi connectivity index (χ3v) is 6.32. The smallest absolute Gasteiger partial charge is 0.330 e. The van der Waals surface area contributed by atoms with Gasteiger partial charge in [0.05, 0.1) is 12.2 Å². The van der Waals surface area contributed by atoms with Crippen LogP contribution in [0.2, 0.25) is 0 Å². The van der Waals surface area contributed by atoms with E-state index in [1.165, 1.54) is 16.8 Å². The molecule has 9 nitrogen and oxygen atoms in total. The average molecular weight is 448 g/mol. The molecule has 0 amide bonds. The molecule has 11 heteroatoms. The summed E-state index contributed by atoms with van der Waals surface area (Å²) in [7, 11) is 0. The van der Waals surface area contributed by atoms with Gasteiger partial charge in [0.15, 0.2) is 6.23 Å². The summed E-state index contributed by atoms with van der Waals surface area (Å²) in [6.07, 6.45) is -0.355. The predicted octanol–water partition coefficient (Wildman–Crippen LogP) is 2.06. The number of aromatic nitrogens is 2. The topological polar surface area (TPSA) is 112 Å². The lowest BCUT2D eigenvalue weighted by Gasteiger charge is -2.37. The lowest BCUT2D eigenvalue weighted by atomic mass is 9.80. The van der Waals surface area contributed by atoms with E-state index >= 15 is 0 Å². The number of ether oxygens (including phenoxy) is 2. The van der Waals surface area contributed by atoms with Crippen molar-refractivity contribution >= 4 is 18.5 Å². The van der Waals surface area contributed by atoms with E-state index < -0.39 is 47.6 Å². The van der Waals surface area contributed by atoms with Gasteiger partial charge >= 0.3 is 12.4 Å². The lowest BCUT2D eigenvalue weighted by Crippen LogP contribution is -2.45. The molecule has 0 aliphatic carbocycles. The first kappa shape index (κ1) is 22.8. The van der Waals surface area contributed by atoms with Crippen molar-refractivity contribution in [3.05, 3.63) is 33.1 Å². The van der Waals surface area contributed by atoms with E-state index in [1.54, 1.807) is 20.8 Å². The third kappa shape index (κ3) is 5.07. The molecule has 3 heterocycles. The monoisotopic (exact) mass is 448 g/mol. The molecule has 2 saturated heterocycles. The van der Waals surface area contributed by atoms with E-state index in [9.17, 15) is 14.5 Å². The Hall–Kier alpha value is -0.870. The van der Waals surface area contributed by atoms with Crippen LogP contribution < -0.4 is 11.2 Å². The second-order valence-electron chi connectivity index (χ2n) is 9.80.